The molecular weight excluding hydrogens is 941 g/mol. The maximum Gasteiger partial charge on any atom is 0.246 e. The molecule has 384 valence electrons. The van der Waals surface area contributed by atoms with Crippen molar-refractivity contribution >= 4 is 46.5 Å². The summed E-state index contributed by atoms with van der Waals surface area (Å²) in [6.45, 7) is 11.7. The van der Waals surface area contributed by atoms with Crippen LogP contribution in [0.5, 0.6) is 5.75 Å². The molecule has 6 fully saturated rings. The fourth-order valence-corrected chi connectivity index (χ4v) is 13.7. The molecule has 5 aromatic rings. The van der Waals surface area contributed by atoms with Crippen LogP contribution in [-0.4, -0.2) is 132 Å². The number of hydrogen-bond acceptors (Lipinski definition) is 15. The van der Waals surface area contributed by atoms with Gasteiger partial charge in [0.25, 0.3) is 0 Å². The molecule has 2 bridgehead atoms. The predicted octanol–water partition coefficient (Wildman–Crippen LogP) is 6.06. The number of para-hydroxylation sites is 1. The number of nitrogens with two attached hydrogens (primary N) is 1. The van der Waals surface area contributed by atoms with E-state index >= 15 is 0 Å². The van der Waals surface area contributed by atoms with Gasteiger partial charge in [-0.25, -0.2) is 15.0 Å². The second-order valence-corrected chi connectivity index (χ2v) is 23.7. The van der Waals surface area contributed by atoms with Crippen molar-refractivity contribution in [1.29, 1.82) is 0 Å². The number of thiazole rings is 1. The lowest BCUT2D eigenvalue weighted by atomic mass is 9.49. The number of hydrogen-bond donors (Lipinski definition) is 5. The van der Waals surface area contributed by atoms with Crippen molar-refractivity contribution in [3.05, 3.63) is 89.3 Å². The lowest BCUT2D eigenvalue weighted by Gasteiger charge is -2.60. The molecule has 6 N–H and O–H groups in total. The molecule has 17 nitrogen and oxygen atoms in total. The van der Waals surface area contributed by atoms with Gasteiger partial charge in [0, 0.05) is 74.6 Å². The molecule has 73 heavy (non-hydrogen) atoms. The molecule has 1 spiro atoms. The van der Waals surface area contributed by atoms with Crippen molar-refractivity contribution in [3.8, 4) is 27.4 Å². The molecule has 3 aromatic heterocycles. The molecule has 6 aliphatic rings. The van der Waals surface area contributed by atoms with Crippen molar-refractivity contribution < 1.29 is 24.6 Å². The van der Waals surface area contributed by atoms with Gasteiger partial charge in [-0.3, -0.25) is 14.4 Å². The van der Waals surface area contributed by atoms with Crippen LogP contribution in [0.15, 0.2) is 72.5 Å². The number of β-amino-alcohol motifs (C(OH)–C–C–N with tert-alkyl or cyclic N) is 1. The van der Waals surface area contributed by atoms with E-state index in [1.54, 1.807) is 23.5 Å². The van der Waals surface area contributed by atoms with E-state index in [-0.39, 0.29) is 59.9 Å². The van der Waals surface area contributed by atoms with E-state index in [1.807, 2.05) is 88.1 Å². The molecule has 5 atom stereocenters. The number of carbonyl (C=O) groups excluding carboxylic acids is 3. The van der Waals surface area contributed by atoms with Crippen LogP contribution in [0.3, 0.4) is 0 Å². The van der Waals surface area contributed by atoms with E-state index in [0.717, 1.165) is 111 Å². The molecule has 5 unspecified atom stereocenters. The second kappa shape index (κ2) is 19.6. The Labute approximate surface area is 431 Å². The van der Waals surface area contributed by atoms with E-state index in [0.29, 0.717) is 35.6 Å². The van der Waals surface area contributed by atoms with Crippen LogP contribution in [0, 0.1) is 23.7 Å². The first-order chi connectivity index (χ1) is 35.1. The van der Waals surface area contributed by atoms with Crippen molar-refractivity contribution in [2.45, 2.75) is 134 Å². The highest BCUT2D eigenvalue weighted by Crippen LogP contribution is 2.60. The van der Waals surface area contributed by atoms with Gasteiger partial charge in [-0.05, 0) is 123 Å². The number of aromatic nitrogens is 5. The Balaban J connectivity index is 0.631. The van der Waals surface area contributed by atoms with Gasteiger partial charge in [-0.1, -0.05) is 57.2 Å². The number of nitrogens with zero attached hydrogens (tertiary/aromatic N) is 9. The zero-order chi connectivity index (χ0) is 50.8. The Morgan fingerprint density at radius 2 is 1.58 bits per heavy atom. The monoisotopic (exact) mass is 1010 g/mol. The Bertz CT molecular complexity index is 2820. The summed E-state index contributed by atoms with van der Waals surface area (Å²) in [4.78, 5) is 66.0. The first kappa shape index (κ1) is 49.0. The number of nitrogen functional groups attached to an aromatic ring is 1. The normalized spacial score (nSPS) is 26.6. The highest BCUT2D eigenvalue weighted by molar-refractivity contribution is 7.13. The number of nitrogens with one attached hydrogen (secondary N) is 2. The number of fused-ring (bicyclic) bond motifs is 2. The van der Waals surface area contributed by atoms with Crippen LogP contribution in [-0.2, 0) is 20.9 Å². The molecule has 0 radical (unpaired) electrons. The largest absolute Gasteiger partial charge is 0.507 e. The average Bonchev–Trinajstić information content (AvgIpc) is 4.05. The highest BCUT2D eigenvalue weighted by atomic mass is 32.1. The topological polar surface area (TPSA) is 219 Å². The number of rotatable bonds is 12. The summed E-state index contributed by atoms with van der Waals surface area (Å²) in [6, 6.07) is 16.4. The van der Waals surface area contributed by atoms with E-state index in [1.165, 1.54) is 10.5 Å². The maximum absolute atomic E-state index is 14.3. The van der Waals surface area contributed by atoms with Gasteiger partial charge >= 0.3 is 0 Å². The predicted molar refractivity (Wildman–Crippen MR) is 280 cm³/mol. The summed E-state index contributed by atoms with van der Waals surface area (Å²) < 4.78 is 0. The first-order valence-electron chi connectivity index (χ1n) is 26.2. The number of phenolic OH excluding ortho intramolecular Hbond substituents is 1. The third-order valence-corrected chi connectivity index (χ3v) is 17.9. The summed E-state index contributed by atoms with van der Waals surface area (Å²) in [5.41, 5.74) is 14.0. The number of anilines is 3. The van der Waals surface area contributed by atoms with Gasteiger partial charge in [0.05, 0.1) is 33.6 Å². The minimum atomic E-state index is -0.841. The molecule has 3 amide bonds. The quantitative estimate of drug-likeness (QED) is 0.0961. The Hall–Kier alpha value is -6.24. The van der Waals surface area contributed by atoms with Crippen molar-refractivity contribution in [3.63, 3.8) is 0 Å². The summed E-state index contributed by atoms with van der Waals surface area (Å²) in [6.07, 6.45) is 11.5. The molecule has 2 aromatic carbocycles. The molecular formula is C55H68N12O5S. The van der Waals surface area contributed by atoms with Crippen LogP contribution in [0.4, 0.5) is 17.5 Å². The Kier molecular flexibility index (Phi) is 13.1. The number of amides is 3. The number of benzene rings is 2. The standard InChI is InChI=1S/C55H68N12O5S/c1-32-47(73-31-60-32)35-11-9-33(10-12-35)25-57-51(71)45-19-41(68)30-66(45)52(72)48(54(2,3)4)61-50(70)36-21-55(22-36)23-40(24-55)64-17-15-34(16-18-64)37-26-58-53(59-27-37)67-38-13-14-39(67)29-65(28-38)44-20-43(62-63-49(44)56)42-7-5-6-8-46(42)69/h5-12,20,26-27,31,34,36,38-41,45,48,68-69H,13-19,21-25,28-30H2,1-4H3,(H2,56,63)(H,57,71)(H,61,70). The summed E-state index contributed by atoms with van der Waals surface area (Å²) >= 11 is 1.59. The number of aliphatic hydroxyl groups is 1. The van der Waals surface area contributed by atoms with E-state index < -0.39 is 23.6 Å². The van der Waals surface area contributed by atoms with Crippen LogP contribution < -0.4 is 26.2 Å². The number of piperazine rings is 1. The summed E-state index contributed by atoms with van der Waals surface area (Å²) in [5, 5.41) is 35.8. The van der Waals surface area contributed by atoms with Gasteiger partial charge in [-0.2, -0.15) is 0 Å². The fourth-order valence-electron chi connectivity index (χ4n) is 12.9. The third kappa shape index (κ3) is 9.73. The van der Waals surface area contributed by atoms with Crippen molar-refractivity contribution in [1.82, 2.24) is 45.6 Å². The molecule has 2 aliphatic carbocycles. The van der Waals surface area contributed by atoms with Gasteiger partial charge < -0.3 is 46.2 Å². The van der Waals surface area contributed by atoms with Crippen LogP contribution >= 0.6 is 11.3 Å². The van der Waals surface area contributed by atoms with Gasteiger partial charge in [0.2, 0.25) is 23.7 Å². The van der Waals surface area contributed by atoms with E-state index in [2.05, 4.69) is 40.5 Å². The van der Waals surface area contributed by atoms with E-state index in [9.17, 15) is 24.6 Å². The maximum atomic E-state index is 14.3. The fraction of sp³-hybridized carbons (Fsp3) is 0.527. The number of carbonyl (C=O) groups is 3. The molecule has 2 saturated carbocycles. The second-order valence-electron chi connectivity index (χ2n) is 22.9. The number of likely N-dealkylation sites (tertiary alicyclic amines) is 2. The number of piperidine rings is 1. The Morgan fingerprint density at radius 1 is 0.877 bits per heavy atom. The van der Waals surface area contributed by atoms with Crippen LogP contribution in [0.25, 0.3) is 21.7 Å². The smallest absolute Gasteiger partial charge is 0.246 e. The van der Waals surface area contributed by atoms with Crippen LogP contribution in [0.2, 0.25) is 0 Å². The summed E-state index contributed by atoms with van der Waals surface area (Å²) in [7, 11) is 0. The molecule has 18 heteroatoms. The number of aliphatic hydroxyl groups excluding tert-OH is 1. The van der Waals surface area contributed by atoms with Gasteiger partial charge in [-0.15, -0.1) is 21.5 Å². The number of phenols is 1. The molecule has 11 rings (SSSR count). The average molecular weight is 1010 g/mol. The summed E-state index contributed by atoms with van der Waals surface area (Å²) in [5.74, 6) is 0.840. The van der Waals surface area contributed by atoms with Crippen molar-refractivity contribution in [2.24, 2.45) is 16.7 Å². The van der Waals surface area contributed by atoms with Gasteiger partial charge in [0.15, 0.2) is 5.82 Å². The lowest BCUT2D eigenvalue weighted by molar-refractivity contribution is -0.150. The van der Waals surface area contributed by atoms with Crippen LogP contribution in [0.1, 0.15) is 101 Å². The molecule has 7 heterocycles. The highest BCUT2D eigenvalue weighted by Gasteiger charge is 2.57. The lowest BCUT2D eigenvalue weighted by Crippen LogP contribution is -2.62. The zero-order valence-electron chi connectivity index (χ0n) is 42.3. The minimum Gasteiger partial charge on any atom is -0.507 e. The minimum absolute atomic E-state index is 0.0438. The third-order valence-electron chi connectivity index (χ3n) is 17.0. The zero-order valence-corrected chi connectivity index (χ0v) is 43.1. The van der Waals surface area contributed by atoms with Crippen molar-refractivity contribution in [2.75, 3.05) is 48.3 Å². The molecule has 4 aliphatic heterocycles. The molecule has 4 saturated heterocycles. The SMILES string of the molecule is Cc1ncsc1-c1ccc(CNC(=O)C2CC(O)CN2C(=O)C(NC(=O)C2CC3(C2)CC(N2CCC(c4cnc(N5C6CCC5CN(c5cc(-c7ccccc7O)nnc5N)C6)nc4)CC2)C3)C(C)(C)C)cc1. The number of aromatic hydroxyl groups is 1. The number of aryl methyl sites for hydroxylation is 1. The first-order valence-corrected chi connectivity index (χ1v) is 27.0. The Morgan fingerprint density at radius 3 is 2.23 bits per heavy atom. The van der Waals surface area contributed by atoms with Gasteiger partial charge in [0.1, 0.15) is 17.8 Å². The van der Waals surface area contributed by atoms with E-state index in [4.69, 9.17) is 15.7 Å².